The topological polar surface area (TPSA) is 29.5 Å². The summed E-state index contributed by atoms with van der Waals surface area (Å²) in [5.41, 5.74) is 0.822. The second kappa shape index (κ2) is 7.95. The molecule has 0 saturated carbocycles. The summed E-state index contributed by atoms with van der Waals surface area (Å²) in [6, 6.07) is 7.39. The summed E-state index contributed by atoms with van der Waals surface area (Å²) < 4.78 is 5.78. The third-order valence-electron chi connectivity index (χ3n) is 4.35. The van der Waals surface area contributed by atoms with Gasteiger partial charge >= 0.3 is 0 Å². The van der Waals surface area contributed by atoms with E-state index in [1.165, 1.54) is 0 Å². The van der Waals surface area contributed by atoms with Gasteiger partial charge in [-0.1, -0.05) is 18.5 Å². The Labute approximate surface area is 142 Å². The predicted molar refractivity (Wildman–Crippen MR) is 104 cm³/mol. The van der Waals surface area contributed by atoms with E-state index in [-0.39, 0.29) is 19.6 Å². The Morgan fingerprint density at radius 3 is 2.50 bits per heavy atom. The number of hydrogen-bond donors (Lipinski definition) is 1. The largest absolute Gasteiger partial charge is 0.494 e. The van der Waals surface area contributed by atoms with Gasteiger partial charge in [-0.2, -0.15) is 0 Å². The molecule has 2 rings (SSSR count). The van der Waals surface area contributed by atoms with Crippen LogP contribution >= 0.6 is 0 Å². The average Bonchev–Trinajstić information content (AvgIpc) is 3.24. The van der Waals surface area contributed by atoms with E-state index in [0.29, 0.717) is 12.4 Å². The second-order valence-corrected chi connectivity index (χ2v) is 6.09. The third kappa shape index (κ3) is 4.57. The van der Waals surface area contributed by atoms with Crippen LogP contribution in [0.4, 0.5) is 0 Å². The van der Waals surface area contributed by atoms with Crippen LogP contribution in [0.5, 0.6) is 5.75 Å². The van der Waals surface area contributed by atoms with Crippen LogP contribution in [0.2, 0.25) is 12.1 Å². The summed E-state index contributed by atoms with van der Waals surface area (Å²) in [6.07, 6.45) is -0.763. The number of hydrogen-bond acceptors (Lipinski definition) is 2. The third-order valence-corrected chi connectivity index (χ3v) is 4.35. The summed E-state index contributed by atoms with van der Waals surface area (Å²) in [6.45, 7) is 0.844. The molecule has 1 aliphatic rings. The molecule has 1 heterocycles. The number of aliphatic hydroxyl groups is 1. The van der Waals surface area contributed by atoms with E-state index in [1.807, 2.05) is 24.3 Å². The smallest absolute Gasteiger partial charge is 0.119 e. The van der Waals surface area contributed by atoms with E-state index in [0.717, 1.165) is 17.6 Å². The van der Waals surface area contributed by atoms with Gasteiger partial charge < -0.3 is 9.84 Å². The molecule has 1 fully saturated rings. The van der Waals surface area contributed by atoms with E-state index in [2.05, 4.69) is 0 Å². The second-order valence-electron chi connectivity index (χ2n) is 6.09. The van der Waals surface area contributed by atoms with Crippen molar-refractivity contribution >= 4 is 70.8 Å². The minimum Gasteiger partial charge on any atom is -0.494 e. The molecule has 10 radical (unpaired) electrons. The highest BCUT2D eigenvalue weighted by Gasteiger charge is 2.50. The van der Waals surface area contributed by atoms with E-state index >= 15 is 0 Å². The van der Waals surface area contributed by atoms with Gasteiger partial charge in [0.25, 0.3) is 0 Å². The van der Waals surface area contributed by atoms with Crippen molar-refractivity contribution in [1.29, 1.82) is 0 Å². The van der Waals surface area contributed by atoms with Crippen molar-refractivity contribution in [3.05, 3.63) is 29.8 Å². The fourth-order valence-corrected chi connectivity index (χ4v) is 2.96. The van der Waals surface area contributed by atoms with Crippen LogP contribution in [0, 0.1) is 0 Å². The lowest BCUT2D eigenvalue weighted by molar-refractivity contribution is 0.279. The molecule has 1 aromatic rings. The van der Waals surface area contributed by atoms with Gasteiger partial charge in [-0.05, 0) is 23.5 Å². The summed E-state index contributed by atoms with van der Waals surface area (Å²) in [7, 11) is 29.1. The van der Waals surface area contributed by atoms with Crippen molar-refractivity contribution in [1.82, 2.24) is 0 Å². The van der Waals surface area contributed by atoms with Gasteiger partial charge in [0.05, 0.1) is 19.8 Å². The molecule has 22 heavy (non-hydrogen) atoms. The van der Waals surface area contributed by atoms with Gasteiger partial charge in [0.15, 0.2) is 0 Å². The van der Waals surface area contributed by atoms with Crippen LogP contribution in [-0.4, -0.2) is 82.5 Å². The van der Waals surface area contributed by atoms with E-state index in [1.54, 1.807) is 0 Å². The fraction of sp³-hybridized carbons (Fsp3) is 0.400. The molecule has 0 bridgehead atoms. The lowest BCUT2D eigenvalue weighted by atomic mass is 8.57. The molecule has 1 saturated heterocycles. The molecule has 0 amide bonds. The van der Waals surface area contributed by atoms with Crippen LogP contribution in [0.3, 0.4) is 0 Å². The molecule has 1 aliphatic heterocycles. The maximum absolute atomic E-state index is 9.12. The Morgan fingerprint density at radius 1 is 1.18 bits per heavy atom. The maximum Gasteiger partial charge on any atom is 0.119 e. The molecule has 1 aromatic carbocycles. The first-order chi connectivity index (χ1) is 10.4. The average molecular weight is 272 g/mol. The number of aliphatic hydroxyl groups excluding tert-OH is 1. The van der Waals surface area contributed by atoms with Gasteiger partial charge in [-0.15, -0.1) is 0 Å². The monoisotopic (exact) mass is 274 g/mol. The van der Waals surface area contributed by atoms with Crippen molar-refractivity contribution in [3.63, 3.8) is 0 Å². The molecule has 0 aliphatic carbocycles. The Morgan fingerprint density at radius 2 is 1.91 bits per heavy atom. The van der Waals surface area contributed by atoms with Crippen LogP contribution in [0.25, 0.3) is 0 Å². The predicted octanol–water partition coefficient (Wildman–Crippen LogP) is -1.94. The lowest BCUT2D eigenvalue weighted by Gasteiger charge is -2.25. The Hall–Kier alpha value is -0.371. The summed E-state index contributed by atoms with van der Waals surface area (Å²) in [4.78, 5) is 0. The molecular weight excluding hydrogens is 260 g/mol. The first-order valence-electron chi connectivity index (χ1n) is 7.54. The van der Waals surface area contributed by atoms with E-state index in [9.17, 15) is 0 Å². The SMILES string of the molecule is [B]B([B])B([B])B(B([B])[B])B1CC1COc1cccc(CO)c1. The number of rotatable bonds is 8. The molecular formula is C10H12B10O2. The normalized spacial score (nSPS) is 16.0. The zero-order valence-electron chi connectivity index (χ0n) is 12.6. The highest BCUT2D eigenvalue weighted by Crippen LogP contribution is 2.39. The van der Waals surface area contributed by atoms with E-state index < -0.39 is 19.2 Å². The zero-order valence-corrected chi connectivity index (χ0v) is 12.6. The zero-order chi connectivity index (χ0) is 16.3. The van der Waals surface area contributed by atoms with Crippen molar-refractivity contribution in [2.24, 2.45) is 0 Å². The fourth-order valence-electron chi connectivity index (χ4n) is 2.96. The Balaban J connectivity index is 1.88. The molecule has 12 heteroatoms. The van der Waals surface area contributed by atoms with Gasteiger partial charge in [0, 0.05) is 64.2 Å². The Kier molecular flexibility index (Phi) is 6.49. The number of benzene rings is 1. The molecule has 2 nitrogen and oxygen atoms in total. The minimum absolute atomic E-state index is 0.00338. The Bertz CT molecular complexity index is 487. The molecule has 0 spiro atoms. The minimum atomic E-state index is -0.636. The first-order valence-corrected chi connectivity index (χ1v) is 7.54. The maximum atomic E-state index is 9.12. The highest BCUT2D eigenvalue weighted by atomic mass is 16.5. The molecule has 1 N–H and O–H groups in total. The van der Waals surface area contributed by atoms with Crippen molar-refractivity contribution in [2.75, 3.05) is 6.61 Å². The quantitative estimate of drug-likeness (QED) is 0.558. The van der Waals surface area contributed by atoms with Crippen LogP contribution in [0.1, 0.15) is 5.56 Å². The molecule has 0 aromatic heterocycles. The molecule has 94 valence electrons. The summed E-state index contributed by atoms with van der Waals surface area (Å²) >= 11 is 0. The van der Waals surface area contributed by atoms with E-state index in [4.69, 9.17) is 48.5 Å². The van der Waals surface area contributed by atoms with Gasteiger partial charge in [0.1, 0.15) is 5.75 Å². The van der Waals surface area contributed by atoms with Crippen LogP contribution in [-0.2, 0) is 6.61 Å². The van der Waals surface area contributed by atoms with Crippen LogP contribution < -0.4 is 4.74 Å². The molecule has 1 unspecified atom stereocenters. The summed E-state index contributed by atoms with van der Waals surface area (Å²) in [5, 5.41) is 9.12. The number of ether oxygens (including phenoxy) is 1. The first kappa shape index (κ1) is 18.0. The standard InChI is InChI=1S/C10H12B10O2/c11-17(12)19(15)20(18(13)14)16-5-9(16)7-22-10-3-1-2-8(4-10)6-21/h1-4,9,21H,5-7H2. The summed E-state index contributed by atoms with van der Waals surface area (Å²) in [5.74, 6) is 1.09. The van der Waals surface area contributed by atoms with Gasteiger partial charge in [0.2, 0.25) is 0 Å². The van der Waals surface area contributed by atoms with Crippen LogP contribution in [0.15, 0.2) is 24.3 Å². The van der Waals surface area contributed by atoms with Gasteiger partial charge in [-0.25, -0.2) is 0 Å². The van der Waals surface area contributed by atoms with Gasteiger partial charge in [-0.3, -0.25) is 0 Å². The van der Waals surface area contributed by atoms with Crippen molar-refractivity contribution < 1.29 is 9.84 Å². The molecule has 1 atom stereocenters. The highest BCUT2D eigenvalue weighted by molar-refractivity contribution is 8.01. The van der Waals surface area contributed by atoms with Crippen molar-refractivity contribution in [3.8, 4) is 5.75 Å². The lowest BCUT2D eigenvalue weighted by Crippen LogP contribution is -2.63. The van der Waals surface area contributed by atoms with Crippen molar-refractivity contribution in [2.45, 2.75) is 18.7 Å².